The maximum Gasteiger partial charge on any atom is 0.344 e. The molecule has 0 saturated heterocycles. The van der Waals surface area contributed by atoms with Crippen LogP contribution in [0.4, 0.5) is 0 Å². The number of ether oxygens (including phenoxy) is 1. The van der Waals surface area contributed by atoms with Gasteiger partial charge in [-0.3, -0.25) is 0 Å². The lowest BCUT2D eigenvalue weighted by molar-refractivity contribution is 0.0667. The van der Waals surface area contributed by atoms with E-state index in [0.717, 1.165) is 5.39 Å². The summed E-state index contributed by atoms with van der Waals surface area (Å²) in [5.41, 5.74) is -0.232. The Labute approximate surface area is 131 Å². The fourth-order valence-corrected chi connectivity index (χ4v) is 2.33. The molecular formula is C18H12O5. The van der Waals surface area contributed by atoms with Gasteiger partial charge in [0.1, 0.15) is 0 Å². The van der Waals surface area contributed by atoms with E-state index in [9.17, 15) is 14.7 Å². The first-order valence-corrected chi connectivity index (χ1v) is 6.83. The summed E-state index contributed by atoms with van der Waals surface area (Å²) in [6.07, 6.45) is 0. The van der Waals surface area contributed by atoms with Crippen molar-refractivity contribution in [1.82, 2.24) is 0 Å². The van der Waals surface area contributed by atoms with Gasteiger partial charge in [0.25, 0.3) is 0 Å². The number of esters is 1. The van der Waals surface area contributed by atoms with E-state index in [1.54, 1.807) is 24.3 Å². The van der Waals surface area contributed by atoms with Crippen molar-refractivity contribution in [2.45, 2.75) is 0 Å². The fourth-order valence-electron chi connectivity index (χ4n) is 2.33. The molecule has 3 aromatic carbocycles. The standard InChI is InChI=1S/C18H12O5/c19-15-10-9-11-5-1-2-6-12(11)16(15)23-18(22)14-8-4-3-7-13(14)17(20)21/h1-10,19H,(H,20,21). The number of fused-ring (bicyclic) bond motifs is 1. The topological polar surface area (TPSA) is 83.8 Å². The van der Waals surface area contributed by atoms with Crippen molar-refractivity contribution in [2.75, 3.05) is 0 Å². The zero-order valence-corrected chi connectivity index (χ0v) is 11.9. The van der Waals surface area contributed by atoms with Crippen molar-refractivity contribution in [3.8, 4) is 11.5 Å². The third kappa shape index (κ3) is 2.72. The first-order chi connectivity index (χ1) is 11.1. The Morgan fingerprint density at radius 2 is 1.48 bits per heavy atom. The number of aromatic hydroxyl groups is 1. The Bertz CT molecular complexity index is 914. The quantitative estimate of drug-likeness (QED) is 0.572. The number of carbonyl (C=O) groups excluding carboxylic acids is 1. The highest BCUT2D eigenvalue weighted by molar-refractivity contribution is 6.04. The van der Waals surface area contributed by atoms with Crippen LogP contribution >= 0.6 is 0 Å². The summed E-state index contributed by atoms with van der Waals surface area (Å²) in [5.74, 6) is -2.24. The van der Waals surface area contributed by atoms with Gasteiger partial charge in [-0.15, -0.1) is 0 Å². The van der Waals surface area contributed by atoms with Crippen LogP contribution < -0.4 is 4.74 Å². The molecule has 0 radical (unpaired) electrons. The van der Waals surface area contributed by atoms with Crippen molar-refractivity contribution in [3.05, 3.63) is 71.8 Å². The fraction of sp³-hybridized carbons (Fsp3) is 0. The van der Waals surface area contributed by atoms with E-state index in [0.29, 0.717) is 5.39 Å². The van der Waals surface area contributed by atoms with E-state index >= 15 is 0 Å². The van der Waals surface area contributed by atoms with Gasteiger partial charge in [-0.25, -0.2) is 9.59 Å². The first-order valence-electron chi connectivity index (χ1n) is 6.83. The average molecular weight is 308 g/mol. The number of carboxylic acids is 1. The third-order valence-electron chi connectivity index (χ3n) is 3.43. The predicted molar refractivity (Wildman–Crippen MR) is 84.0 cm³/mol. The molecular weight excluding hydrogens is 296 g/mol. The van der Waals surface area contributed by atoms with E-state index in [4.69, 9.17) is 9.84 Å². The molecule has 5 nitrogen and oxygen atoms in total. The van der Waals surface area contributed by atoms with Crippen LogP contribution in [0.25, 0.3) is 10.8 Å². The third-order valence-corrected chi connectivity index (χ3v) is 3.43. The van der Waals surface area contributed by atoms with Crippen molar-refractivity contribution in [2.24, 2.45) is 0 Å². The minimum Gasteiger partial charge on any atom is -0.504 e. The molecule has 3 aromatic rings. The van der Waals surface area contributed by atoms with Crippen LogP contribution in [0.2, 0.25) is 0 Å². The summed E-state index contributed by atoms with van der Waals surface area (Å²) >= 11 is 0. The van der Waals surface area contributed by atoms with Gasteiger partial charge in [-0.2, -0.15) is 0 Å². The number of phenols is 1. The molecule has 0 aliphatic heterocycles. The normalized spacial score (nSPS) is 10.4. The highest BCUT2D eigenvalue weighted by Gasteiger charge is 2.20. The number of hydrogen-bond acceptors (Lipinski definition) is 4. The maximum atomic E-state index is 12.3. The summed E-state index contributed by atoms with van der Waals surface area (Å²) in [7, 11) is 0. The molecule has 0 amide bonds. The molecule has 23 heavy (non-hydrogen) atoms. The van der Waals surface area contributed by atoms with Crippen molar-refractivity contribution in [1.29, 1.82) is 0 Å². The highest BCUT2D eigenvalue weighted by Crippen LogP contribution is 2.35. The van der Waals surface area contributed by atoms with Gasteiger partial charge in [-0.05, 0) is 23.6 Å². The van der Waals surface area contributed by atoms with Crippen LogP contribution in [0, 0.1) is 0 Å². The smallest absolute Gasteiger partial charge is 0.344 e. The summed E-state index contributed by atoms with van der Waals surface area (Å²) in [5, 5.41) is 20.5. The number of phenolic OH excluding ortho intramolecular Hbond substituents is 1. The zero-order chi connectivity index (χ0) is 16.4. The van der Waals surface area contributed by atoms with Crippen LogP contribution in [0.3, 0.4) is 0 Å². The summed E-state index contributed by atoms with van der Waals surface area (Å²) in [6.45, 7) is 0. The van der Waals surface area contributed by atoms with Gasteiger partial charge in [-0.1, -0.05) is 42.5 Å². The minimum absolute atomic E-state index is 0.00768. The second-order valence-electron chi connectivity index (χ2n) is 4.88. The van der Waals surface area contributed by atoms with Crippen LogP contribution in [-0.4, -0.2) is 22.2 Å². The van der Waals surface area contributed by atoms with E-state index in [1.807, 2.05) is 12.1 Å². The van der Waals surface area contributed by atoms with Gasteiger partial charge in [0.15, 0.2) is 11.5 Å². The number of carboxylic acid groups (broad SMARTS) is 1. The minimum atomic E-state index is -1.22. The second kappa shape index (κ2) is 5.81. The first kappa shape index (κ1) is 14.6. The summed E-state index contributed by atoms with van der Waals surface area (Å²) in [4.78, 5) is 23.5. The largest absolute Gasteiger partial charge is 0.504 e. The van der Waals surface area contributed by atoms with Crippen LogP contribution in [0.15, 0.2) is 60.7 Å². The molecule has 0 aliphatic rings. The summed E-state index contributed by atoms with van der Waals surface area (Å²) in [6, 6.07) is 16.0. The van der Waals surface area contributed by atoms with Gasteiger partial charge >= 0.3 is 11.9 Å². The SMILES string of the molecule is O=C(O)c1ccccc1C(=O)Oc1c(O)ccc2ccccc12. The monoisotopic (exact) mass is 308 g/mol. The molecule has 0 fully saturated rings. The Balaban J connectivity index is 2.05. The highest BCUT2D eigenvalue weighted by atomic mass is 16.5. The van der Waals surface area contributed by atoms with Crippen LogP contribution in [0.1, 0.15) is 20.7 Å². The molecule has 0 spiro atoms. The van der Waals surface area contributed by atoms with Gasteiger partial charge in [0.2, 0.25) is 0 Å². The molecule has 114 valence electrons. The van der Waals surface area contributed by atoms with Gasteiger partial charge in [0.05, 0.1) is 11.1 Å². The molecule has 0 heterocycles. The lowest BCUT2D eigenvalue weighted by atomic mass is 10.1. The van der Waals surface area contributed by atoms with Gasteiger partial charge < -0.3 is 14.9 Å². The van der Waals surface area contributed by atoms with E-state index < -0.39 is 11.9 Å². The predicted octanol–water partition coefficient (Wildman–Crippen LogP) is 3.46. The molecule has 0 bridgehead atoms. The molecule has 0 aromatic heterocycles. The number of hydrogen-bond donors (Lipinski definition) is 2. The Kier molecular flexibility index (Phi) is 3.68. The van der Waals surface area contributed by atoms with Crippen molar-refractivity contribution >= 4 is 22.7 Å². The van der Waals surface area contributed by atoms with Gasteiger partial charge in [0, 0.05) is 5.39 Å². The Hall–Kier alpha value is -3.34. The summed E-state index contributed by atoms with van der Waals surface area (Å²) < 4.78 is 5.28. The molecule has 3 rings (SSSR count). The molecule has 0 saturated carbocycles. The average Bonchev–Trinajstić information content (AvgIpc) is 2.57. The second-order valence-corrected chi connectivity index (χ2v) is 4.88. The number of rotatable bonds is 3. The number of carbonyl (C=O) groups is 2. The molecule has 0 atom stereocenters. The zero-order valence-electron chi connectivity index (χ0n) is 11.9. The Morgan fingerprint density at radius 1 is 0.826 bits per heavy atom. The molecule has 2 N–H and O–H groups in total. The number of benzene rings is 3. The van der Waals surface area contributed by atoms with E-state index in [1.165, 1.54) is 24.3 Å². The lowest BCUT2D eigenvalue weighted by Crippen LogP contribution is -2.14. The molecule has 5 heteroatoms. The lowest BCUT2D eigenvalue weighted by Gasteiger charge is -2.11. The van der Waals surface area contributed by atoms with E-state index in [-0.39, 0.29) is 22.6 Å². The maximum absolute atomic E-state index is 12.3. The van der Waals surface area contributed by atoms with Crippen LogP contribution in [0.5, 0.6) is 11.5 Å². The Morgan fingerprint density at radius 3 is 2.22 bits per heavy atom. The number of aromatic carboxylic acids is 1. The van der Waals surface area contributed by atoms with Crippen molar-refractivity contribution < 1.29 is 24.5 Å². The molecule has 0 unspecified atom stereocenters. The van der Waals surface area contributed by atoms with Crippen molar-refractivity contribution in [3.63, 3.8) is 0 Å². The molecule has 0 aliphatic carbocycles. The van der Waals surface area contributed by atoms with E-state index in [2.05, 4.69) is 0 Å². The van der Waals surface area contributed by atoms with Crippen LogP contribution in [-0.2, 0) is 0 Å².